The topological polar surface area (TPSA) is 34.0 Å². The van der Waals surface area contributed by atoms with Gasteiger partial charge in [0.05, 0.1) is 0 Å². The lowest BCUT2D eigenvalue weighted by Gasteiger charge is -2.26. The van der Waals surface area contributed by atoms with Gasteiger partial charge in [-0.25, -0.2) is 0 Å². The molecule has 1 saturated heterocycles. The molecule has 1 aromatic rings. The molecule has 0 N–H and O–H groups in total. The van der Waals surface area contributed by atoms with Gasteiger partial charge in [0.2, 0.25) is 5.28 Å². The summed E-state index contributed by atoms with van der Waals surface area (Å²) in [5.41, 5.74) is 0. The second kappa shape index (κ2) is 5.18. The molecule has 2 heterocycles. The van der Waals surface area contributed by atoms with Gasteiger partial charge >= 0.3 is 0 Å². The fourth-order valence-corrected chi connectivity index (χ4v) is 2.90. The molecule has 0 bridgehead atoms. The highest BCUT2D eigenvalue weighted by Crippen LogP contribution is 2.11. The number of aromatic nitrogens is 3. The molecule has 0 aromatic carbocycles. The molecule has 0 unspecified atom stereocenters. The van der Waals surface area contributed by atoms with Crippen LogP contribution in [0.15, 0.2) is 0 Å². The Kier molecular flexibility index (Phi) is 3.88. The summed E-state index contributed by atoms with van der Waals surface area (Å²) in [7, 11) is 0. The van der Waals surface area contributed by atoms with Crippen LogP contribution in [0.25, 0.3) is 0 Å². The van der Waals surface area contributed by atoms with Gasteiger partial charge in [-0.05, 0) is 18.5 Å². The van der Waals surface area contributed by atoms with Crippen LogP contribution in [0, 0.1) is 6.92 Å². The van der Waals surface area contributed by atoms with Crippen molar-refractivity contribution >= 4 is 23.4 Å². The van der Waals surface area contributed by atoms with E-state index >= 15 is 0 Å². The fourth-order valence-electron chi connectivity index (χ4n) is 1.68. The van der Waals surface area contributed by atoms with E-state index in [2.05, 4.69) is 15.1 Å². The minimum absolute atomic E-state index is 0.499. The van der Waals surface area contributed by atoms with Gasteiger partial charge in [-0.2, -0.15) is 11.8 Å². The van der Waals surface area contributed by atoms with Crippen LogP contribution >= 0.6 is 23.4 Å². The van der Waals surface area contributed by atoms with E-state index in [-0.39, 0.29) is 0 Å². The van der Waals surface area contributed by atoms with Gasteiger partial charge in [-0.15, -0.1) is 10.2 Å². The van der Waals surface area contributed by atoms with Crippen LogP contribution in [0.3, 0.4) is 0 Å². The number of halogens is 1. The monoisotopic (exact) mass is 246 g/mol. The molecule has 15 heavy (non-hydrogen) atoms. The Hall–Kier alpha value is -0.260. The first-order chi connectivity index (χ1) is 7.27. The maximum atomic E-state index is 5.93. The van der Waals surface area contributed by atoms with Crippen molar-refractivity contribution in [2.45, 2.75) is 13.5 Å². The van der Waals surface area contributed by atoms with Crippen molar-refractivity contribution in [1.29, 1.82) is 0 Å². The number of rotatable bonds is 3. The maximum Gasteiger partial charge on any atom is 0.225 e. The van der Waals surface area contributed by atoms with E-state index in [9.17, 15) is 0 Å². The first kappa shape index (κ1) is 11.2. The lowest BCUT2D eigenvalue weighted by Crippen LogP contribution is -2.35. The Labute approximate surface area is 99.0 Å². The third kappa shape index (κ3) is 2.86. The number of nitrogens with zero attached hydrogens (tertiary/aromatic N) is 4. The molecule has 0 aliphatic carbocycles. The third-order valence-electron chi connectivity index (χ3n) is 2.63. The molecule has 1 aliphatic rings. The Bertz CT molecular complexity index is 302. The van der Waals surface area contributed by atoms with Gasteiger partial charge in [-0.3, -0.25) is 4.90 Å². The van der Waals surface area contributed by atoms with E-state index in [0.29, 0.717) is 5.28 Å². The maximum absolute atomic E-state index is 5.93. The van der Waals surface area contributed by atoms with Crippen molar-refractivity contribution in [2.75, 3.05) is 31.1 Å². The summed E-state index contributed by atoms with van der Waals surface area (Å²) in [6, 6.07) is 0. The highest BCUT2D eigenvalue weighted by Gasteiger charge is 2.12. The van der Waals surface area contributed by atoms with Crippen molar-refractivity contribution in [3.05, 3.63) is 11.1 Å². The van der Waals surface area contributed by atoms with Crippen LogP contribution < -0.4 is 0 Å². The number of aryl methyl sites for hydroxylation is 1. The molecule has 2 rings (SSSR count). The molecule has 0 spiro atoms. The molecule has 4 nitrogen and oxygen atoms in total. The molecule has 6 heteroatoms. The van der Waals surface area contributed by atoms with Crippen molar-refractivity contribution in [3.63, 3.8) is 0 Å². The highest BCUT2D eigenvalue weighted by atomic mass is 35.5. The number of thioether (sulfide) groups is 1. The zero-order valence-corrected chi connectivity index (χ0v) is 10.4. The lowest BCUT2D eigenvalue weighted by atomic mass is 10.4. The number of hydrogen-bond donors (Lipinski definition) is 0. The van der Waals surface area contributed by atoms with E-state index in [1.807, 2.05) is 23.3 Å². The van der Waals surface area contributed by atoms with E-state index in [4.69, 9.17) is 11.6 Å². The van der Waals surface area contributed by atoms with Crippen molar-refractivity contribution in [2.24, 2.45) is 0 Å². The van der Waals surface area contributed by atoms with Gasteiger partial charge in [0, 0.05) is 37.7 Å². The highest BCUT2D eigenvalue weighted by molar-refractivity contribution is 7.99. The standard InChI is InChI=1S/C9H15ClN4S/c1-8-11-12-9(10)14(8)3-2-13-4-6-15-7-5-13/h2-7H2,1H3. The van der Waals surface area contributed by atoms with Crippen LogP contribution in [0.5, 0.6) is 0 Å². The Morgan fingerprint density at radius 2 is 2.00 bits per heavy atom. The predicted molar refractivity (Wildman–Crippen MR) is 63.5 cm³/mol. The molecule has 0 atom stereocenters. The van der Waals surface area contributed by atoms with Crippen LogP contribution in [-0.2, 0) is 6.54 Å². The Balaban J connectivity index is 1.87. The Morgan fingerprint density at radius 3 is 2.60 bits per heavy atom. The molecule has 1 aromatic heterocycles. The summed E-state index contributed by atoms with van der Waals surface area (Å²) in [5.74, 6) is 3.38. The van der Waals surface area contributed by atoms with Crippen LogP contribution in [-0.4, -0.2) is 50.8 Å². The molecular weight excluding hydrogens is 232 g/mol. The zero-order valence-electron chi connectivity index (χ0n) is 8.82. The van der Waals surface area contributed by atoms with Crippen molar-refractivity contribution in [3.8, 4) is 0 Å². The molecule has 1 aliphatic heterocycles. The summed E-state index contributed by atoms with van der Waals surface area (Å²) in [6.45, 7) is 6.24. The lowest BCUT2D eigenvalue weighted by molar-refractivity contribution is 0.288. The summed E-state index contributed by atoms with van der Waals surface area (Å²) in [5, 5.41) is 8.27. The van der Waals surface area contributed by atoms with Gasteiger partial charge in [0.15, 0.2) is 0 Å². The van der Waals surface area contributed by atoms with Crippen LogP contribution in [0.2, 0.25) is 5.28 Å². The van der Waals surface area contributed by atoms with E-state index < -0.39 is 0 Å². The van der Waals surface area contributed by atoms with Gasteiger partial charge in [0.25, 0.3) is 0 Å². The molecule has 0 saturated carbocycles. The van der Waals surface area contributed by atoms with Crippen LogP contribution in [0.4, 0.5) is 0 Å². The average Bonchev–Trinajstić information content (AvgIpc) is 2.58. The SMILES string of the molecule is Cc1nnc(Cl)n1CCN1CCSCC1. The molecule has 0 amide bonds. The van der Waals surface area contributed by atoms with Crippen molar-refractivity contribution < 1.29 is 0 Å². The second-order valence-corrected chi connectivity index (χ2v) is 5.18. The van der Waals surface area contributed by atoms with Crippen molar-refractivity contribution in [1.82, 2.24) is 19.7 Å². The van der Waals surface area contributed by atoms with Gasteiger partial charge < -0.3 is 4.57 Å². The molecule has 0 radical (unpaired) electrons. The van der Waals surface area contributed by atoms with Gasteiger partial charge in [-0.1, -0.05) is 0 Å². The van der Waals surface area contributed by atoms with E-state index in [0.717, 1.165) is 18.9 Å². The molecule has 84 valence electrons. The second-order valence-electron chi connectivity index (χ2n) is 3.62. The molecule has 1 fully saturated rings. The minimum Gasteiger partial charge on any atom is -0.301 e. The first-order valence-corrected chi connectivity index (χ1v) is 6.66. The summed E-state index contributed by atoms with van der Waals surface area (Å²) >= 11 is 7.96. The average molecular weight is 247 g/mol. The molecular formula is C9H15ClN4S. The largest absolute Gasteiger partial charge is 0.301 e. The summed E-state index contributed by atoms with van der Waals surface area (Å²) in [4.78, 5) is 2.46. The van der Waals surface area contributed by atoms with Gasteiger partial charge in [0.1, 0.15) is 5.82 Å². The summed E-state index contributed by atoms with van der Waals surface area (Å²) in [6.07, 6.45) is 0. The zero-order chi connectivity index (χ0) is 10.7. The number of hydrogen-bond acceptors (Lipinski definition) is 4. The summed E-state index contributed by atoms with van der Waals surface area (Å²) < 4.78 is 1.96. The third-order valence-corrected chi connectivity index (χ3v) is 3.86. The quantitative estimate of drug-likeness (QED) is 0.805. The van der Waals surface area contributed by atoms with Crippen LogP contribution in [0.1, 0.15) is 5.82 Å². The fraction of sp³-hybridized carbons (Fsp3) is 0.778. The minimum atomic E-state index is 0.499. The Morgan fingerprint density at radius 1 is 1.27 bits per heavy atom. The predicted octanol–water partition coefficient (Wildman–Crippen LogP) is 1.29. The van der Waals surface area contributed by atoms with E-state index in [1.165, 1.54) is 24.6 Å². The first-order valence-electron chi connectivity index (χ1n) is 5.13. The smallest absolute Gasteiger partial charge is 0.225 e. The normalized spacial score (nSPS) is 18.3. The van der Waals surface area contributed by atoms with E-state index in [1.54, 1.807) is 0 Å².